The Kier molecular flexibility index (Phi) is 9.57. The maximum absolute atomic E-state index is 14.2. The molecule has 16 nitrogen and oxygen atoms in total. The van der Waals surface area contributed by atoms with Gasteiger partial charge in [-0.05, 0) is 30.5 Å². The smallest absolute Gasteiger partial charge is 0.302 e. The molecule has 0 unspecified atom stereocenters. The van der Waals surface area contributed by atoms with Gasteiger partial charge in [0.2, 0.25) is 12.2 Å². The number of aliphatic hydroxyl groups is 5. The summed E-state index contributed by atoms with van der Waals surface area (Å²) in [5.41, 5.74) is 5.96. The van der Waals surface area contributed by atoms with E-state index in [4.69, 9.17) is 19.9 Å². The highest BCUT2D eigenvalue weighted by Crippen LogP contribution is 2.46. The van der Waals surface area contributed by atoms with E-state index in [1.54, 1.807) is 47.4 Å². The zero-order valence-electron chi connectivity index (χ0n) is 29.5. The first kappa shape index (κ1) is 36.6. The third kappa shape index (κ3) is 6.30. The molecule has 8 rings (SSSR count). The largest absolute Gasteiger partial charge is 0.486 e. The molecule has 3 aromatic carbocycles. The molecule has 2 aliphatic carbocycles. The first-order valence-electron chi connectivity index (χ1n) is 18.1. The van der Waals surface area contributed by atoms with E-state index in [0.29, 0.717) is 24.1 Å². The van der Waals surface area contributed by atoms with Crippen LogP contribution in [0.1, 0.15) is 75.1 Å². The van der Waals surface area contributed by atoms with Gasteiger partial charge < -0.3 is 50.4 Å². The van der Waals surface area contributed by atoms with Gasteiger partial charge in [-0.1, -0.05) is 61.7 Å². The average molecular weight is 754 g/mol. The van der Waals surface area contributed by atoms with Crippen LogP contribution in [0, 0.1) is 0 Å². The molecule has 0 radical (unpaired) electrons. The quantitative estimate of drug-likeness (QED) is 0.139. The van der Waals surface area contributed by atoms with Gasteiger partial charge >= 0.3 is 5.91 Å². The molecule has 0 aromatic heterocycles. The van der Waals surface area contributed by atoms with Crippen molar-refractivity contribution >= 4 is 40.7 Å². The number of ketones is 2. The Labute approximate surface area is 314 Å². The van der Waals surface area contributed by atoms with Crippen LogP contribution in [0.15, 0.2) is 69.6 Å². The van der Waals surface area contributed by atoms with Gasteiger partial charge in [0.15, 0.2) is 34.6 Å². The van der Waals surface area contributed by atoms with E-state index in [9.17, 15) is 39.9 Å². The van der Waals surface area contributed by atoms with E-state index in [1.807, 2.05) is 0 Å². The summed E-state index contributed by atoms with van der Waals surface area (Å²) in [6, 6.07) is 14.9. The van der Waals surface area contributed by atoms with Crippen molar-refractivity contribution in [2.24, 2.45) is 20.7 Å². The van der Waals surface area contributed by atoms with E-state index in [0.717, 1.165) is 6.42 Å². The minimum absolute atomic E-state index is 0.00413. The number of para-hydroxylation sites is 1. The average Bonchev–Trinajstić information content (AvgIpc) is 3.61. The standard InChI is InChI=1S/C39H39N5O11/c40-38-42-35-26(36(51)43-38)41-18-44(35)24-11-5-2-8-19(24)16-20-17-23-25(28(47)22-10-4-3-9-21(22)27(23)46)33(53-15-14-45)32(20)54-37-31(50)29(48)30(49)34(55-37)39(52)12-6-1-7-13-39/h2-5,8-11,17,29-31,34,37,45,48-50,52H,1,6-7,12-16,18H2,(H2,40,43,51)/t29-,30-,31+,34-,37+/m1/s1. The second kappa shape index (κ2) is 14.4. The first-order chi connectivity index (χ1) is 26.5. The Hall–Kier alpha value is -5.36. The topological polar surface area (TPSA) is 246 Å². The number of carbonyl (C=O) groups is 3. The van der Waals surface area contributed by atoms with Crippen LogP contribution in [0.25, 0.3) is 0 Å². The van der Waals surface area contributed by atoms with Crippen LogP contribution in [-0.4, -0.2) is 117 Å². The van der Waals surface area contributed by atoms with Crippen molar-refractivity contribution in [3.8, 4) is 11.5 Å². The van der Waals surface area contributed by atoms with Crippen molar-refractivity contribution in [2.45, 2.75) is 74.8 Å². The number of rotatable bonds is 9. The molecule has 55 heavy (non-hydrogen) atoms. The number of amides is 1. The lowest BCUT2D eigenvalue weighted by atomic mass is 9.76. The van der Waals surface area contributed by atoms with E-state index < -0.39 is 60.4 Å². The summed E-state index contributed by atoms with van der Waals surface area (Å²) >= 11 is 0. The summed E-state index contributed by atoms with van der Waals surface area (Å²) < 4.78 is 18.6. The monoisotopic (exact) mass is 753 g/mol. The molecule has 3 heterocycles. The second-order valence-electron chi connectivity index (χ2n) is 14.2. The first-order valence-corrected chi connectivity index (χ1v) is 18.1. The molecule has 0 spiro atoms. The number of hydrogen-bond donors (Lipinski definition) is 6. The summed E-state index contributed by atoms with van der Waals surface area (Å²) in [6.07, 6.45) is -5.64. The van der Waals surface area contributed by atoms with Crippen molar-refractivity contribution < 1.29 is 54.1 Å². The summed E-state index contributed by atoms with van der Waals surface area (Å²) in [5, 5.41) is 54.9. The van der Waals surface area contributed by atoms with E-state index >= 15 is 0 Å². The molecule has 286 valence electrons. The van der Waals surface area contributed by atoms with Crippen LogP contribution >= 0.6 is 0 Å². The predicted molar refractivity (Wildman–Crippen MR) is 196 cm³/mol. The lowest BCUT2D eigenvalue weighted by molar-refractivity contribution is -0.308. The van der Waals surface area contributed by atoms with Gasteiger partial charge in [-0.2, -0.15) is 9.98 Å². The van der Waals surface area contributed by atoms with Crippen molar-refractivity contribution in [3.05, 3.63) is 88.0 Å². The van der Waals surface area contributed by atoms with Gasteiger partial charge in [0, 0.05) is 34.4 Å². The summed E-state index contributed by atoms with van der Waals surface area (Å²) in [7, 11) is 0. The molecule has 3 aliphatic heterocycles. The number of aliphatic imine (C=N–C) groups is 3. The third-order valence-electron chi connectivity index (χ3n) is 10.7. The van der Waals surface area contributed by atoms with Crippen LogP contribution in [0.4, 0.5) is 5.69 Å². The SMILES string of the molecule is NC1=NC(=O)C2=NCN(c3ccccc3Cc3cc4c(c(OCCO)c3O[C@H]3O[C@@H](C5(O)CCCCC5)[C@H](O)[C@@H](O)[C@@H]3O)C(=O)c3ccccc3C4=O)C2=N1. The van der Waals surface area contributed by atoms with Gasteiger partial charge in [-0.15, -0.1) is 0 Å². The summed E-state index contributed by atoms with van der Waals surface area (Å²) in [5.74, 6) is -2.03. The van der Waals surface area contributed by atoms with Gasteiger partial charge in [-0.3, -0.25) is 19.4 Å². The third-order valence-corrected chi connectivity index (χ3v) is 10.7. The normalized spacial score (nSPS) is 25.7. The fraction of sp³-hybridized carbons (Fsp3) is 0.385. The van der Waals surface area contributed by atoms with Crippen LogP contribution in [-0.2, 0) is 16.0 Å². The Morgan fingerprint density at radius 1 is 0.855 bits per heavy atom. The van der Waals surface area contributed by atoms with Crippen LogP contribution in [0.5, 0.6) is 11.5 Å². The molecular weight excluding hydrogens is 714 g/mol. The zero-order valence-corrected chi connectivity index (χ0v) is 29.5. The Morgan fingerprint density at radius 3 is 2.31 bits per heavy atom. The highest BCUT2D eigenvalue weighted by molar-refractivity contribution is 6.72. The van der Waals surface area contributed by atoms with Crippen molar-refractivity contribution in [1.82, 2.24) is 0 Å². The number of benzene rings is 3. The van der Waals surface area contributed by atoms with Gasteiger partial charge in [0.1, 0.15) is 37.7 Å². The number of ether oxygens (including phenoxy) is 3. The van der Waals surface area contributed by atoms with E-state index in [2.05, 4.69) is 15.0 Å². The Morgan fingerprint density at radius 2 is 1.56 bits per heavy atom. The molecule has 1 amide bonds. The maximum atomic E-state index is 14.2. The summed E-state index contributed by atoms with van der Waals surface area (Å²) in [6.45, 7) is -0.782. The lowest BCUT2D eigenvalue weighted by Crippen LogP contribution is -2.65. The van der Waals surface area contributed by atoms with Gasteiger partial charge in [0.05, 0.1) is 17.8 Å². The molecule has 1 saturated heterocycles. The molecule has 5 aliphatic rings. The highest BCUT2D eigenvalue weighted by atomic mass is 16.7. The van der Waals surface area contributed by atoms with E-state index in [1.165, 1.54) is 12.1 Å². The van der Waals surface area contributed by atoms with Gasteiger partial charge in [-0.25, -0.2) is 0 Å². The maximum Gasteiger partial charge on any atom is 0.302 e. The number of amidine groups is 1. The van der Waals surface area contributed by atoms with Crippen LogP contribution in [0.2, 0.25) is 0 Å². The van der Waals surface area contributed by atoms with Crippen molar-refractivity contribution in [2.75, 3.05) is 24.8 Å². The fourth-order valence-corrected chi connectivity index (χ4v) is 8.05. The lowest BCUT2D eigenvalue weighted by Gasteiger charge is -2.48. The molecule has 2 fully saturated rings. The van der Waals surface area contributed by atoms with Gasteiger partial charge in [0.25, 0.3) is 0 Å². The number of nitrogens with zero attached hydrogens (tertiary/aromatic N) is 4. The number of anilines is 1. The predicted octanol–water partition coefficient (Wildman–Crippen LogP) is 0.777. The highest BCUT2D eigenvalue weighted by Gasteiger charge is 2.54. The van der Waals surface area contributed by atoms with E-state index in [-0.39, 0.29) is 89.4 Å². The van der Waals surface area contributed by atoms with Crippen molar-refractivity contribution in [1.29, 1.82) is 0 Å². The number of fused-ring (bicyclic) bond motifs is 3. The van der Waals surface area contributed by atoms with Crippen LogP contribution in [0.3, 0.4) is 0 Å². The Bertz CT molecular complexity index is 2180. The molecule has 3 aromatic rings. The molecule has 1 saturated carbocycles. The minimum atomic E-state index is -1.84. The van der Waals surface area contributed by atoms with Crippen LogP contribution < -0.4 is 20.1 Å². The molecule has 0 bridgehead atoms. The Balaban J connectivity index is 1.27. The molecular formula is C39H39N5O11. The number of guanidine groups is 1. The fourth-order valence-electron chi connectivity index (χ4n) is 8.05. The number of aliphatic hydroxyl groups excluding tert-OH is 4. The molecule has 16 heteroatoms. The number of hydrogen-bond acceptors (Lipinski definition) is 15. The number of nitrogens with two attached hydrogens (primary N) is 1. The van der Waals surface area contributed by atoms with Crippen molar-refractivity contribution in [3.63, 3.8) is 0 Å². The minimum Gasteiger partial charge on any atom is -0.486 e. The molecule has 5 atom stereocenters. The second-order valence-corrected chi connectivity index (χ2v) is 14.2. The summed E-state index contributed by atoms with van der Waals surface area (Å²) in [4.78, 5) is 54.9. The molecule has 7 N–H and O–H groups in total. The number of carbonyl (C=O) groups excluding carboxylic acids is 3. The zero-order chi connectivity index (χ0) is 38.6.